The molecule has 90 valence electrons. The molecular weight excluding hydrogens is 200 g/mol. The molecule has 1 aliphatic rings. The summed E-state index contributed by atoms with van der Waals surface area (Å²) in [6, 6.07) is 2.42. The van der Waals surface area contributed by atoms with Gasteiger partial charge >= 0.3 is 0 Å². The SMILES string of the molecule is CN(C(=O)C(C)(C)C#N)C1CCCCCC1. The number of carbonyl (C=O) groups excluding carboxylic acids is 1. The molecule has 1 saturated carbocycles. The first-order chi connectivity index (χ1) is 7.49. The van der Waals surface area contributed by atoms with Gasteiger partial charge in [-0.3, -0.25) is 4.79 Å². The van der Waals surface area contributed by atoms with E-state index in [9.17, 15) is 4.79 Å². The van der Waals surface area contributed by atoms with E-state index in [1.54, 1.807) is 18.7 Å². The van der Waals surface area contributed by atoms with Gasteiger partial charge in [0.15, 0.2) is 0 Å². The number of nitriles is 1. The lowest BCUT2D eigenvalue weighted by Crippen LogP contribution is -2.43. The minimum atomic E-state index is -0.888. The Hall–Kier alpha value is -1.04. The Morgan fingerprint density at radius 1 is 1.25 bits per heavy atom. The van der Waals surface area contributed by atoms with E-state index in [4.69, 9.17) is 5.26 Å². The molecule has 1 fully saturated rings. The molecule has 0 saturated heterocycles. The summed E-state index contributed by atoms with van der Waals surface area (Å²) in [5.41, 5.74) is -0.888. The molecule has 0 atom stereocenters. The maximum absolute atomic E-state index is 12.1. The van der Waals surface area contributed by atoms with Crippen LogP contribution in [0.15, 0.2) is 0 Å². The Bertz CT molecular complexity index is 283. The zero-order chi connectivity index (χ0) is 12.2. The van der Waals surface area contributed by atoms with Gasteiger partial charge in [-0.2, -0.15) is 5.26 Å². The molecule has 1 amide bonds. The summed E-state index contributed by atoms with van der Waals surface area (Å²) >= 11 is 0. The zero-order valence-electron chi connectivity index (χ0n) is 10.6. The van der Waals surface area contributed by atoms with Gasteiger partial charge in [0.1, 0.15) is 5.41 Å². The van der Waals surface area contributed by atoms with E-state index < -0.39 is 5.41 Å². The molecule has 0 unspecified atom stereocenters. The minimum absolute atomic E-state index is 0.0399. The number of hydrogen-bond donors (Lipinski definition) is 0. The van der Waals surface area contributed by atoms with Gasteiger partial charge < -0.3 is 4.90 Å². The van der Waals surface area contributed by atoms with Gasteiger partial charge in [0.2, 0.25) is 5.91 Å². The van der Waals surface area contributed by atoms with Crippen LogP contribution in [0, 0.1) is 16.7 Å². The van der Waals surface area contributed by atoms with Crippen LogP contribution in [0.3, 0.4) is 0 Å². The second-order valence-corrected chi connectivity index (χ2v) is 5.30. The van der Waals surface area contributed by atoms with Gasteiger partial charge in [-0.1, -0.05) is 25.7 Å². The van der Waals surface area contributed by atoms with Crippen molar-refractivity contribution in [2.24, 2.45) is 5.41 Å². The van der Waals surface area contributed by atoms with Crippen molar-refractivity contribution in [2.75, 3.05) is 7.05 Å². The summed E-state index contributed by atoms with van der Waals surface area (Å²) in [4.78, 5) is 13.9. The minimum Gasteiger partial charge on any atom is -0.341 e. The Kier molecular flexibility index (Phi) is 4.35. The Morgan fingerprint density at radius 3 is 2.19 bits per heavy atom. The van der Waals surface area contributed by atoms with Crippen LogP contribution in [-0.4, -0.2) is 23.9 Å². The van der Waals surface area contributed by atoms with E-state index in [1.807, 2.05) is 7.05 Å². The van der Waals surface area contributed by atoms with Crippen LogP contribution in [0.1, 0.15) is 52.4 Å². The number of nitrogens with zero attached hydrogens (tertiary/aromatic N) is 2. The highest BCUT2D eigenvalue weighted by molar-refractivity contribution is 5.84. The molecule has 0 N–H and O–H groups in total. The summed E-state index contributed by atoms with van der Waals surface area (Å²) in [5.74, 6) is -0.0399. The van der Waals surface area contributed by atoms with Crippen LogP contribution in [0.5, 0.6) is 0 Å². The number of rotatable bonds is 2. The molecular formula is C13H22N2O. The average Bonchev–Trinajstić information content (AvgIpc) is 2.55. The van der Waals surface area contributed by atoms with Gasteiger partial charge in [0.05, 0.1) is 6.07 Å². The monoisotopic (exact) mass is 222 g/mol. The van der Waals surface area contributed by atoms with E-state index in [1.165, 1.54) is 25.7 Å². The first-order valence-corrected chi connectivity index (χ1v) is 6.17. The average molecular weight is 222 g/mol. The highest BCUT2D eigenvalue weighted by Crippen LogP contribution is 2.25. The molecule has 0 aromatic rings. The van der Waals surface area contributed by atoms with Crippen LogP contribution >= 0.6 is 0 Å². The first-order valence-electron chi connectivity index (χ1n) is 6.17. The van der Waals surface area contributed by atoms with Gasteiger partial charge in [-0.15, -0.1) is 0 Å². The van der Waals surface area contributed by atoms with Crippen LogP contribution in [-0.2, 0) is 4.79 Å². The molecule has 0 aromatic carbocycles. The van der Waals surface area contributed by atoms with Gasteiger partial charge in [-0.25, -0.2) is 0 Å². The van der Waals surface area contributed by atoms with Crippen molar-refractivity contribution >= 4 is 5.91 Å². The van der Waals surface area contributed by atoms with Crippen LogP contribution in [0.25, 0.3) is 0 Å². The Balaban J connectivity index is 2.66. The van der Waals surface area contributed by atoms with Crippen molar-refractivity contribution in [3.05, 3.63) is 0 Å². The fraction of sp³-hybridized carbons (Fsp3) is 0.846. The lowest BCUT2D eigenvalue weighted by Gasteiger charge is -2.31. The topological polar surface area (TPSA) is 44.1 Å². The van der Waals surface area contributed by atoms with E-state index in [0.29, 0.717) is 6.04 Å². The molecule has 0 heterocycles. The predicted octanol–water partition coefficient (Wildman–Crippen LogP) is 2.72. The van der Waals surface area contributed by atoms with Gasteiger partial charge in [-0.05, 0) is 26.7 Å². The quantitative estimate of drug-likeness (QED) is 0.674. The lowest BCUT2D eigenvalue weighted by atomic mass is 9.92. The maximum atomic E-state index is 12.1. The third kappa shape index (κ3) is 2.98. The molecule has 1 aliphatic carbocycles. The highest BCUT2D eigenvalue weighted by Gasteiger charge is 2.33. The second kappa shape index (κ2) is 5.34. The number of carbonyl (C=O) groups is 1. The Morgan fingerprint density at radius 2 is 1.75 bits per heavy atom. The van der Waals surface area contributed by atoms with Crippen LogP contribution in [0.4, 0.5) is 0 Å². The van der Waals surface area contributed by atoms with E-state index in [-0.39, 0.29) is 5.91 Å². The van der Waals surface area contributed by atoms with Crippen molar-refractivity contribution in [1.29, 1.82) is 5.26 Å². The van der Waals surface area contributed by atoms with Crippen molar-refractivity contribution in [3.63, 3.8) is 0 Å². The zero-order valence-corrected chi connectivity index (χ0v) is 10.6. The fourth-order valence-electron chi connectivity index (χ4n) is 2.30. The predicted molar refractivity (Wildman–Crippen MR) is 63.7 cm³/mol. The summed E-state index contributed by atoms with van der Waals surface area (Å²) in [5, 5.41) is 8.97. The third-order valence-electron chi connectivity index (χ3n) is 3.51. The largest absolute Gasteiger partial charge is 0.341 e. The molecule has 1 rings (SSSR count). The molecule has 0 aliphatic heterocycles. The molecule has 3 heteroatoms. The van der Waals surface area contributed by atoms with E-state index in [2.05, 4.69) is 6.07 Å². The van der Waals surface area contributed by atoms with E-state index >= 15 is 0 Å². The summed E-state index contributed by atoms with van der Waals surface area (Å²) in [7, 11) is 1.84. The molecule has 0 aromatic heterocycles. The normalized spacial score (nSPS) is 18.6. The Labute approximate surface area is 98.4 Å². The van der Waals surface area contributed by atoms with Crippen molar-refractivity contribution < 1.29 is 4.79 Å². The number of hydrogen-bond acceptors (Lipinski definition) is 2. The van der Waals surface area contributed by atoms with Crippen molar-refractivity contribution in [3.8, 4) is 6.07 Å². The van der Waals surface area contributed by atoms with Crippen LogP contribution in [0.2, 0.25) is 0 Å². The molecule has 0 radical (unpaired) electrons. The highest BCUT2D eigenvalue weighted by atomic mass is 16.2. The lowest BCUT2D eigenvalue weighted by molar-refractivity contribution is -0.138. The summed E-state index contributed by atoms with van der Waals surface area (Å²) in [6.07, 6.45) is 7.14. The van der Waals surface area contributed by atoms with Crippen molar-refractivity contribution in [2.45, 2.75) is 58.4 Å². The van der Waals surface area contributed by atoms with Gasteiger partial charge in [0.25, 0.3) is 0 Å². The second-order valence-electron chi connectivity index (χ2n) is 5.30. The van der Waals surface area contributed by atoms with Crippen LogP contribution < -0.4 is 0 Å². The molecule has 3 nitrogen and oxygen atoms in total. The summed E-state index contributed by atoms with van der Waals surface area (Å²) in [6.45, 7) is 3.39. The molecule has 0 bridgehead atoms. The third-order valence-corrected chi connectivity index (χ3v) is 3.51. The van der Waals surface area contributed by atoms with Crippen molar-refractivity contribution in [1.82, 2.24) is 4.90 Å². The van der Waals surface area contributed by atoms with Gasteiger partial charge in [0, 0.05) is 13.1 Å². The fourth-order valence-corrected chi connectivity index (χ4v) is 2.30. The smallest absolute Gasteiger partial charge is 0.242 e. The van der Waals surface area contributed by atoms with E-state index in [0.717, 1.165) is 12.8 Å². The summed E-state index contributed by atoms with van der Waals surface area (Å²) < 4.78 is 0. The molecule has 16 heavy (non-hydrogen) atoms. The standard InChI is InChI=1S/C13H22N2O/c1-13(2,10-14)12(16)15(3)11-8-6-4-5-7-9-11/h11H,4-9H2,1-3H3. The first kappa shape index (κ1) is 13.0. The molecule has 0 spiro atoms. The number of amides is 1. The maximum Gasteiger partial charge on any atom is 0.242 e.